The molecule has 0 saturated carbocycles. The van der Waals surface area contributed by atoms with E-state index in [1.807, 2.05) is 0 Å². The minimum Gasteiger partial charge on any atom is -0.326 e. The highest BCUT2D eigenvalue weighted by Crippen LogP contribution is 2.29. The second-order valence-electron chi connectivity index (χ2n) is 5.07. The lowest BCUT2D eigenvalue weighted by molar-refractivity contribution is -0.117. The summed E-state index contributed by atoms with van der Waals surface area (Å²) >= 11 is 17.8. The van der Waals surface area contributed by atoms with Gasteiger partial charge in [0, 0.05) is 35.6 Å². The molecule has 2 aromatic carbocycles. The lowest BCUT2D eigenvalue weighted by atomic mass is 10.2. The fourth-order valence-electron chi connectivity index (χ4n) is 2.12. The fourth-order valence-corrected chi connectivity index (χ4v) is 2.75. The van der Waals surface area contributed by atoms with Crippen LogP contribution in [-0.4, -0.2) is 18.4 Å². The smallest absolute Gasteiger partial charge is 0.226 e. The Morgan fingerprint density at radius 2 is 1.62 bits per heavy atom. The van der Waals surface area contributed by atoms with Crippen molar-refractivity contribution >= 4 is 58.0 Å². The molecule has 0 unspecified atom stereocenters. The number of halogens is 3. The predicted molar refractivity (Wildman–Crippen MR) is 99.2 cm³/mol. The van der Waals surface area contributed by atoms with Gasteiger partial charge in [-0.05, 0) is 42.5 Å². The van der Waals surface area contributed by atoms with Gasteiger partial charge >= 0.3 is 0 Å². The van der Waals surface area contributed by atoms with Crippen LogP contribution in [0.5, 0.6) is 0 Å². The third-order valence-electron chi connectivity index (χ3n) is 3.27. The molecule has 0 fully saturated rings. The van der Waals surface area contributed by atoms with Crippen molar-refractivity contribution in [2.75, 3.05) is 16.8 Å². The predicted octanol–water partition coefficient (Wildman–Crippen LogP) is 5.03. The SMILES string of the molecule is CC(=O)N(CCC(=O)Nc1ccc(Cl)cc1)c1ccc(Cl)cc1Cl. The number of hydrogen-bond donors (Lipinski definition) is 1. The van der Waals surface area contributed by atoms with Gasteiger partial charge in [0.25, 0.3) is 0 Å². The highest BCUT2D eigenvalue weighted by atomic mass is 35.5. The van der Waals surface area contributed by atoms with Gasteiger partial charge < -0.3 is 10.2 Å². The second kappa shape index (κ2) is 8.38. The zero-order valence-corrected chi connectivity index (χ0v) is 15.1. The fraction of sp³-hybridized carbons (Fsp3) is 0.176. The molecule has 2 aromatic rings. The summed E-state index contributed by atoms with van der Waals surface area (Å²) in [5, 5.41) is 4.18. The van der Waals surface area contributed by atoms with Crippen molar-refractivity contribution in [2.45, 2.75) is 13.3 Å². The first kappa shape index (κ1) is 18.6. The molecule has 2 amide bonds. The van der Waals surface area contributed by atoms with Crippen LogP contribution in [0.25, 0.3) is 0 Å². The van der Waals surface area contributed by atoms with Crippen LogP contribution in [-0.2, 0) is 9.59 Å². The maximum atomic E-state index is 12.1. The van der Waals surface area contributed by atoms with Crippen molar-refractivity contribution in [3.05, 3.63) is 57.5 Å². The molecule has 0 radical (unpaired) electrons. The molecule has 0 aliphatic rings. The van der Waals surface area contributed by atoms with Crippen LogP contribution < -0.4 is 10.2 Å². The minimum absolute atomic E-state index is 0.126. The third kappa shape index (κ3) is 5.13. The van der Waals surface area contributed by atoms with Gasteiger partial charge in [0.15, 0.2) is 0 Å². The van der Waals surface area contributed by atoms with E-state index in [1.165, 1.54) is 11.8 Å². The molecule has 0 bridgehead atoms. The number of rotatable bonds is 5. The van der Waals surface area contributed by atoms with Crippen molar-refractivity contribution < 1.29 is 9.59 Å². The second-order valence-corrected chi connectivity index (χ2v) is 6.35. The van der Waals surface area contributed by atoms with E-state index < -0.39 is 0 Å². The van der Waals surface area contributed by atoms with Gasteiger partial charge in [0.1, 0.15) is 0 Å². The molecule has 126 valence electrons. The summed E-state index contributed by atoms with van der Waals surface area (Å²) < 4.78 is 0. The number of benzene rings is 2. The molecular weight excluding hydrogens is 371 g/mol. The molecule has 4 nitrogen and oxygen atoms in total. The normalized spacial score (nSPS) is 10.3. The van der Waals surface area contributed by atoms with Gasteiger partial charge in [-0.15, -0.1) is 0 Å². The van der Waals surface area contributed by atoms with Crippen molar-refractivity contribution in [3.63, 3.8) is 0 Å². The molecule has 24 heavy (non-hydrogen) atoms. The van der Waals surface area contributed by atoms with Crippen LogP contribution in [0, 0.1) is 0 Å². The van der Waals surface area contributed by atoms with Crippen LogP contribution in [0.2, 0.25) is 15.1 Å². The van der Waals surface area contributed by atoms with E-state index in [-0.39, 0.29) is 24.8 Å². The van der Waals surface area contributed by atoms with E-state index in [1.54, 1.807) is 42.5 Å². The number of amides is 2. The number of nitrogens with zero attached hydrogens (tertiary/aromatic N) is 1. The molecule has 0 aromatic heterocycles. The van der Waals surface area contributed by atoms with E-state index in [2.05, 4.69) is 5.32 Å². The molecule has 0 heterocycles. The summed E-state index contributed by atoms with van der Waals surface area (Å²) in [4.78, 5) is 25.4. The van der Waals surface area contributed by atoms with E-state index in [0.717, 1.165) is 0 Å². The average molecular weight is 386 g/mol. The molecule has 1 N–H and O–H groups in total. The summed E-state index contributed by atoms with van der Waals surface area (Å²) in [6.45, 7) is 1.62. The standard InChI is InChI=1S/C17H15Cl3N2O2/c1-11(23)22(16-7-4-13(19)10-15(16)20)9-8-17(24)21-14-5-2-12(18)3-6-14/h2-7,10H,8-9H2,1H3,(H,21,24). The first-order chi connectivity index (χ1) is 11.4. The lowest BCUT2D eigenvalue weighted by Crippen LogP contribution is -2.32. The highest BCUT2D eigenvalue weighted by Gasteiger charge is 2.16. The maximum absolute atomic E-state index is 12.1. The van der Waals surface area contributed by atoms with E-state index in [4.69, 9.17) is 34.8 Å². The number of hydrogen-bond acceptors (Lipinski definition) is 2. The van der Waals surface area contributed by atoms with Gasteiger partial charge in [-0.25, -0.2) is 0 Å². The monoisotopic (exact) mass is 384 g/mol. The molecule has 0 aliphatic heterocycles. The van der Waals surface area contributed by atoms with Gasteiger partial charge in [0.2, 0.25) is 11.8 Å². The summed E-state index contributed by atoms with van der Waals surface area (Å²) in [5.41, 5.74) is 1.16. The summed E-state index contributed by atoms with van der Waals surface area (Å²) in [5.74, 6) is -0.424. The van der Waals surface area contributed by atoms with Crippen molar-refractivity contribution in [1.82, 2.24) is 0 Å². The van der Waals surface area contributed by atoms with Crippen LogP contribution >= 0.6 is 34.8 Å². The first-order valence-corrected chi connectivity index (χ1v) is 8.29. The number of carbonyl (C=O) groups is 2. The van der Waals surface area contributed by atoms with Gasteiger partial charge in [0.05, 0.1) is 10.7 Å². The van der Waals surface area contributed by atoms with Crippen LogP contribution in [0.1, 0.15) is 13.3 Å². The number of carbonyl (C=O) groups excluding carboxylic acids is 2. The highest BCUT2D eigenvalue weighted by molar-refractivity contribution is 6.36. The van der Waals surface area contributed by atoms with Crippen LogP contribution in [0.4, 0.5) is 11.4 Å². The Bertz CT molecular complexity index is 748. The van der Waals surface area contributed by atoms with Gasteiger partial charge in [-0.2, -0.15) is 0 Å². The molecule has 2 rings (SSSR count). The summed E-state index contributed by atoms with van der Waals surface area (Å²) in [6, 6.07) is 11.6. The average Bonchev–Trinajstić information content (AvgIpc) is 2.51. The van der Waals surface area contributed by atoms with E-state index >= 15 is 0 Å². The minimum atomic E-state index is -0.214. The third-order valence-corrected chi connectivity index (χ3v) is 4.06. The Morgan fingerprint density at radius 3 is 2.21 bits per heavy atom. The molecular formula is C17H15Cl3N2O2. The van der Waals surface area contributed by atoms with Crippen molar-refractivity contribution in [2.24, 2.45) is 0 Å². The Hall–Kier alpha value is -1.75. The molecule has 7 heteroatoms. The topological polar surface area (TPSA) is 49.4 Å². The molecule has 0 spiro atoms. The summed E-state index contributed by atoms with van der Waals surface area (Å²) in [7, 11) is 0. The Labute approximate surface area is 155 Å². The molecule has 0 atom stereocenters. The Kier molecular flexibility index (Phi) is 6.49. The quantitative estimate of drug-likeness (QED) is 0.785. The van der Waals surface area contributed by atoms with Gasteiger partial charge in [-0.3, -0.25) is 9.59 Å². The van der Waals surface area contributed by atoms with Crippen LogP contribution in [0.15, 0.2) is 42.5 Å². The number of anilines is 2. The maximum Gasteiger partial charge on any atom is 0.226 e. The summed E-state index contributed by atoms with van der Waals surface area (Å²) in [6.07, 6.45) is 0.126. The molecule has 0 saturated heterocycles. The van der Waals surface area contributed by atoms with Crippen molar-refractivity contribution in [1.29, 1.82) is 0 Å². The molecule has 0 aliphatic carbocycles. The van der Waals surface area contributed by atoms with E-state index in [9.17, 15) is 9.59 Å². The Balaban J connectivity index is 2.02. The lowest BCUT2D eigenvalue weighted by Gasteiger charge is -2.22. The van der Waals surface area contributed by atoms with Crippen molar-refractivity contribution in [3.8, 4) is 0 Å². The zero-order valence-electron chi connectivity index (χ0n) is 12.9. The van der Waals surface area contributed by atoms with E-state index in [0.29, 0.717) is 26.4 Å². The Morgan fingerprint density at radius 1 is 1.00 bits per heavy atom. The van der Waals surface area contributed by atoms with Gasteiger partial charge in [-0.1, -0.05) is 34.8 Å². The van der Waals surface area contributed by atoms with Crippen LogP contribution in [0.3, 0.4) is 0 Å². The first-order valence-electron chi connectivity index (χ1n) is 7.15. The number of nitrogens with one attached hydrogen (secondary N) is 1. The largest absolute Gasteiger partial charge is 0.326 e. The zero-order chi connectivity index (χ0) is 17.7.